The predicted molar refractivity (Wildman–Crippen MR) is 95.9 cm³/mol. The molecule has 0 saturated heterocycles. The van der Waals surface area contributed by atoms with E-state index >= 15 is 0 Å². The number of carbonyl (C=O) groups excluding carboxylic acids is 1. The van der Waals surface area contributed by atoms with Gasteiger partial charge < -0.3 is 14.6 Å². The number of nitrogens with one attached hydrogen (secondary N) is 2. The first-order chi connectivity index (χ1) is 12.2. The Labute approximate surface area is 151 Å². The Bertz CT molecular complexity index is 824. The summed E-state index contributed by atoms with van der Waals surface area (Å²) in [5, 5.41) is 10.1. The second-order valence-corrected chi connectivity index (χ2v) is 7.05. The molecule has 2 aliphatic rings. The Balaban J connectivity index is 1.31. The lowest BCUT2D eigenvalue weighted by Gasteiger charge is -2.25. The first-order valence-corrected chi connectivity index (χ1v) is 9.25. The highest BCUT2D eigenvalue weighted by atomic mass is 32.1. The van der Waals surface area contributed by atoms with Crippen molar-refractivity contribution in [1.82, 2.24) is 20.1 Å². The number of aromatic amines is 1. The minimum atomic E-state index is -0.147. The monoisotopic (exact) mass is 358 g/mol. The van der Waals surface area contributed by atoms with Crippen LogP contribution in [0, 0.1) is 4.77 Å². The van der Waals surface area contributed by atoms with Gasteiger partial charge in [0.2, 0.25) is 5.91 Å². The lowest BCUT2D eigenvalue weighted by Crippen LogP contribution is -2.29. The summed E-state index contributed by atoms with van der Waals surface area (Å²) in [6.07, 6.45) is 4.12. The summed E-state index contributed by atoms with van der Waals surface area (Å²) in [4.78, 5) is 12.3. The summed E-state index contributed by atoms with van der Waals surface area (Å²) >= 11 is 5.28. The van der Waals surface area contributed by atoms with Crippen LogP contribution in [0.25, 0.3) is 0 Å². The van der Waals surface area contributed by atoms with Crippen molar-refractivity contribution < 1.29 is 9.53 Å². The largest absolute Gasteiger partial charge is 0.373 e. The topological polar surface area (TPSA) is 71.9 Å². The summed E-state index contributed by atoms with van der Waals surface area (Å²) < 4.78 is 8.57. The van der Waals surface area contributed by atoms with Crippen molar-refractivity contribution in [2.45, 2.75) is 44.2 Å². The minimum absolute atomic E-state index is 0.00816. The molecule has 25 heavy (non-hydrogen) atoms. The van der Waals surface area contributed by atoms with Crippen molar-refractivity contribution >= 4 is 18.1 Å². The number of hydrogen-bond acceptors (Lipinski definition) is 4. The Morgan fingerprint density at radius 3 is 3.08 bits per heavy atom. The van der Waals surface area contributed by atoms with E-state index in [0.717, 1.165) is 30.7 Å². The number of carbonyl (C=O) groups is 1. The van der Waals surface area contributed by atoms with Gasteiger partial charge in [0.15, 0.2) is 4.77 Å². The third-order valence-corrected chi connectivity index (χ3v) is 5.11. The average molecular weight is 358 g/mol. The normalized spacial score (nSPS) is 19.4. The number of aromatic nitrogens is 3. The summed E-state index contributed by atoms with van der Waals surface area (Å²) in [7, 11) is 0. The van der Waals surface area contributed by atoms with Gasteiger partial charge >= 0.3 is 0 Å². The van der Waals surface area contributed by atoms with Gasteiger partial charge in [-0.25, -0.2) is 0 Å². The summed E-state index contributed by atoms with van der Waals surface area (Å²) in [5.41, 5.74) is 2.42. The quantitative estimate of drug-likeness (QED) is 0.779. The van der Waals surface area contributed by atoms with Crippen LogP contribution in [0.5, 0.6) is 0 Å². The van der Waals surface area contributed by atoms with Crippen LogP contribution in [0.4, 0.5) is 0 Å². The SMILES string of the molecule is O=C(C[C@H]1OCCc2ccccc21)NCCc1n[nH]c(=S)n1C1CC1. The molecule has 2 heterocycles. The molecule has 1 aromatic carbocycles. The van der Waals surface area contributed by atoms with Crippen LogP contribution in [-0.2, 0) is 22.4 Å². The highest BCUT2D eigenvalue weighted by molar-refractivity contribution is 7.71. The molecular weight excluding hydrogens is 336 g/mol. The van der Waals surface area contributed by atoms with Crippen molar-refractivity contribution in [2.24, 2.45) is 0 Å². The lowest BCUT2D eigenvalue weighted by atomic mass is 9.95. The number of fused-ring (bicyclic) bond motifs is 1. The van der Waals surface area contributed by atoms with Crippen LogP contribution in [0.15, 0.2) is 24.3 Å². The highest BCUT2D eigenvalue weighted by Gasteiger charge is 2.27. The highest BCUT2D eigenvalue weighted by Crippen LogP contribution is 2.35. The first-order valence-electron chi connectivity index (χ1n) is 8.84. The Kier molecular flexibility index (Phi) is 4.67. The van der Waals surface area contributed by atoms with E-state index in [4.69, 9.17) is 17.0 Å². The van der Waals surface area contributed by atoms with Crippen LogP contribution in [0.2, 0.25) is 0 Å². The molecule has 2 aromatic rings. The molecule has 0 bridgehead atoms. The molecule has 4 rings (SSSR count). The molecule has 6 nitrogen and oxygen atoms in total. The van der Waals surface area contributed by atoms with Gasteiger partial charge in [0.1, 0.15) is 5.82 Å². The molecule has 132 valence electrons. The fourth-order valence-electron chi connectivity index (χ4n) is 3.42. The van der Waals surface area contributed by atoms with Crippen molar-refractivity contribution in [3.05, 3.63) is 46.0 Å². The Morgan fingerprint density at radius 1 is 1.40 bits per heavy atom. The van der Waals surface area contributed by atoms with E-state index in [1.54, 1.807) is 0 Å². The first kappa shape index (κ1) is 16.5. The molecule has 1 aliphatic carbocycles. The van der Waals surface area contributed by atoms with Crippen molar-refractivity contribution in [3.8, 4) is 0 Å². The van der Waals surface area contributed by atoms with Gasteiger partial charge in [0.25, 0.3) is 0 Å². The van der Waals surface area contributed by atoms with Gasteiger partial charge in [-0.15, -0.1) is 0 Å². The average Bonchev–Trinajstić information content (AvgIpc) is 3.39. The van der Waals surface area contributed by atoms with E-state index in [9.17, 15) is 4.79 Å². The molecule has 1 fully saturated rings. The van der Waals surface area contributed by atoms with Gasteiger partial charge in [-0.1, -0.05) is 24.3 Å². The molecule has 1 atom stereocenters. The molecule has 1 aliphatic heterocycles. The van der Waals surface area contributed by atoms with Crippen LogP contribution in [-0.4, -0.2) is 33.8 Å². The molecule has 2 N–H and O–H groups in total. The second kappa shape index (κ2) is 7.09. The number of rotatable bonds is 6. The van der Waals surface area contributed by atoms with E-state index in [2.05, 4.69) is 32.2 Å². The maximum absolute atomic E-state index is 12.3. The van der Waals surface area contributed by atoms with Gasteiger partial charge in [-0.3, -0.25) is 9.89 Å². The van der Waals surface area contributed by atoms with Crippen LogP contribution >= 0.6 is 12.2 Å². The fourth-order valence-corrected chi connectivity index (χ4v) is 3.72. The zero-order valence-electron chi connectivity index (χ0n) is 14.0. The third kappa shape index (κ3) is 3.67. The van der Waals surface area contributed by atoms with E-state index in [-0.39, 0.29) is 12.0 Å². The van der Waals surface area contributed by atoms with Crippen molar-refractivity contribution in [1.29, 1.82) is 0 Å². The second-order valence-electron chi connectivity index (χ2n) is 6.66. The van der Waals surface area contributed by atoms with E-state index < -0.39 is 0 Å². The van der Waals surface area contributed by atoms with Crippen LogP contribution in [0.3, 0.4) is 0 Å². The van der Waals surface area contributed by atoms with Crippen LogP contribution in [0.1, 0.15) is 48.4 Å². The minimum Gasteiger partial charge on any atom is -0.373 e. The summed E-state index contributed by atoms with van der Waals surface area (Å²) in [6.45, 7) is 1.23. The predicted octanol–water partition coefficient (Wildman–Crippen LogP) is 2.64. The Morgan fingerprint density at radius 2 is 2.24 bits per heavy atom. The number of amides is 1. The zero-order valence-corrected chi connectivity index (χ0v) is 14.8. The third-order valence-electron chi connectivity index (χ3n) is 4.82. The molecule has 0 spiro atoms. The smallest absolute Gasteiger partial charge is 0.222 e. The number of nitrogens with zero attached hydrogens (tertiary/aromatic N) is 2. The van der Waals surface area contributed by atoms with Gasteiger partial charge in [-0.05, 0) is 42.6 Å². The van der Waals surface area contributed by atoms with Gasteiger partial charge in [0, 0.05) is 19.0 Å². The fraction of sp³-hybridized carbons (Fsp3) is 0.500. The molecule has 1 aromatic heterocycles. The van der Waals surface area contributed by atoms with Crippen LogP contribution < -0.4 is 5.32 Å². The molecule has 0 radical (unpaired) electrons. The summed E-state index contributed by atoms with van der Waals surface area (Å²) in [6, 6.07) is 8.69. The standard InChI is InChI=1S/C18H22N4O2S/c23-17(11-15-14-4-2-1-3-12(14)8-10-24-15)19-9-7-16-20-21-18(25)22(16)13-5-6-13/h1-4,13,15H,5-11H2,(H,19,23)(H,21,25)/t15-/m1/s1. The molecule has 1 saturated carbocycles. The van der Waals surface area contributed by atoms with E-state index in [1.165, 1.54) is 5.56 Å². The number of ether oxygens (including phenoxy) is 1. The van der Waals surface area contributed by atoms with Crippen molar-refractivity contribution in [3.63, 3.8) is 0 Å². The maximum Gasteiger partial charge on any atom is 0.222 e. The summed E-state index contributed by atoms with van der Waals surface area (Å²) in [5.74, 6) is 0.931. The molecule has 0 unspecified atom stereocenters. The van der Waals surface area contributed by atoms with Crippen molar-refractivity contribution in [2.75, 3.05) is 13.2 Å². The van der Waals surface area contributed by atoms with Gasteiger partial charge in [0.05, 0.1) is 19.1 Å². The number of benzene rings is 1. The van der Waals surface area contributed by atoms with E-state index in [1.807, 2.05) is 12.1 Å². The molecular formula is C18H22N4O2S. The molecule has 7 heteroatoms. The van der Waals surface area contributed by atoms with E-state index in [0.29, 0.717) is 36.8 Å². The lowest BCUT2D eigenvalue weighted by molar-refractivity contribution is -0.124. The Hall–Kier alpha value is -1.99. The molecule has 1 amide bonds. The number of H-pyrrole nitrogens is 1. The number of hydrogen-bond donors (Lipinski definition) is 2. The van der Waals surface area contributed by atoms with Gasteiger partial charge in [-0.2, -0.15) is 5.10 Å². The zero-order chi connectivity index (χ0) is 17.2. The maximum atomic E-state index is 12.3.